The number of anilines is 1. The van der Waals surface area contributed by atoms with Crippen LogP contribution in [0.3, 0.4) is 0 Å². The molecular formula is C22H25NO2. The third-order valence-corrected chi connectivity index (χ3v) is 5.67. The van der Waals surface area contributed by atoms with Crippen LogP contribution in [0.1, 0.15) is 49.5 Å². The molecule has 2 atom stereocenters. The second-order valence-electron chi connectivity index (χ2n) is 7.65. The van der Waals surface area contributed by atoms with Crippen molar-refractivity contribution in [2.24, 2.45) is 5.92 Å². The zero-order chi connectivity index (χ0) is 17.4. The number of fused-ring (bicyclic) bond motifs is 1. The minimum atomic E-state index is -0.233. The predicted octanol–water partition coefficient (Wildman–Crippen LogP) is 4.93. The van der Waals surface area contributed by atoms with Gasteiger partial charge in [0, 0.05) is 12.6 Å². The van der Waals surface area contributed by atoms with E-state index in [1.54, 1.807) is 0 Å². The largest absolute Gasteiger partial charge is 0.428 e. The molecular weight excluding hydrogens is 310 g/mol. The van der Waals surface area contributed by atoms with E-state index in [1.165, 1.54) is 18.4 Å². The number of nitrogens with zero attached hydrogens (tertiary/aromatic N) is 1. The number of aryl methyl sites for hydroxylation is 1. The van der Waals surface area contributed by atoms with Gasteiger partial charge in [0.15, 0.2) is 0 Å². The van der Waals surface area contributed by atoms with Gasteiger partial charge in [0.05, 0.1) is 16.8 Å². The maximum absolute atomic E-state index is 12.4. The van der Waals surface area contributed by atoms with Crippen LogP contribution < -0.4 is 10.5 Å². The monoisotopic (exact) mass is 335 g/mol. The molecule has 2 aromatic rings. The third kappa shape index (κ3) is 2.92. The Hall–Kier alpha value is -2.29. The average molecular weight is 335 g/mol. The Labute approximate surface area is 149 Å². The predicted molar refractivity (Wildman–Crippen MR) is 102 cm³/mol. The summed E-state index contributed by atoms with van der Waals surface area (Å²) in [5.74, 6) is 1.37. The maximum atomic E-state index is 12.4. The first-order valence-electron chi connectivity index (χ1n) is 9.23. The van der Waals surface area contributed by atoms with E-state index >= 15 is 0 Å². The Morgan fingerprint density at radius 3 is 2.84 bits per heavy atom. The Bertz CT molecular complexity index is 852. The third-order valence-electron chi connectivity index (χ3n) is 5.67. The van der Waals surface area contributed by atoms with Crippen molar-refractivity contribution in [2.45, 2.75) is 51.6 Å². The molecule has 2 heterocycles. The summed E-state index contributed by atoms with van der Waals surface area (Å²) in [5, 5.41) is 0. The van der Waals surface area contributed by atoms with Crippen molar-refractivity contribution in [3.63, 3.8) is 0 Å². The molecule has 2 aliphatic rings. The number of hydrogen-bond acceptors (Lipinski definition) is 3. The van der Waals surface area contributed by atoms with Crippen LogP contribution in [0.2, 0.25) is 0 Å². The molecule has 1 saturated carbocycles. The van der Waals surface area contributed by atoms with Gasteiger partial charge >= 0.3 is 5.63 Å². The molecule has 25 heavy (non-hydrogen) atoms. The molecule has 3 nitrogen and oxygen atoms in total. The molecule has 0 saturated heterocycles. The second kappa shape index (κ2) is 6.21. The summed E-state index contributed by atoms with van der Waals surface area (Å²) in [6.45, 7) is 5.01. The van der Waals surface area contributed by atoms with Crippen LogP contribution in [0.15, 0.2) is 51.7 Å². The lowest BCUT2D eigenvalue weighted by Gasteiger charge is -2.50. The Morgan fingerprint density at radius 2 is 2.08 bits per heavy atom. The lowest BCUT2D eigenvalue weighted by molar-refractivity contribution is 0.264. The fourth-order valence-electron chi connectivity index (χ4n) is 4.52. The zero-order valence-electron chi connectivity index (χ0n) is 15.0. The summed E-state index contributed by atoms with van der Waals surface area (Å²) in [6, 6.07) is 12.6. The molecule has 4 rings (SSSR count). The van der Waals surface area contributed by atoms with E-state index in [2.05, 4.69) is 42.2 Å². The summed E-state index contributed by atoms with van der Waals surface area (Å²) in [4.78, 5) is 14.8. The molecule has 1 spiro atoms. The fraction of sp³-hybridized carbons (Fsp3) is 0.409. The Morgan fingerprint density at radius 1 is 1.28 bits per heavy atom. The molecule has 0 unspecified atom stereocenters. The van der Waals surface area contributed by atoms with Crippen LogP contribution in [0.5, 0.6) is 0 Å². The zero-order valence-corrected chi connectivity index (χ0v) is 15.0. The van der Waals surface area contributed by atoms with Crippen LogP contribution in [-0.2, 0) is 6.54 Å². The second-order valence-corrected chi connectivity index (χ2v) is 7.65. The maximum Gasteiger partial charge on any atom is 0.345 e. The molecule has 0 radical (unpaired) electrons. The van der Waals surface area contributed by atoms with E-state index in [0.29, 0.717) is 17.2 Å². The highest BCUT2D eigenvalue weighted by Crippen LogP contribution is 2.45. The molecule has 0 amide bonds. The van der Waals surface area contributed by atoms with Gasteiger partial charge in [0.2, 0.25) is 0 Å². The van der Waals surface area contributed by atoms with Crippen LogP contribution >= 0.6 is 0 Å². The minimum absolute atomic E-state index is 0.000736. The van der Waals surface area contributed by atoms with Crippen LogP contribution in [-0.4, -0.2) is 5.54 Å². The highest BCUT2D eigenvalue weighted by Gasteiger charge is 2.41. The van der Waals surface area contributed by atoms with Gasteiger partial charge in [-0.2, -0.15) is 0 Å². The van der Waals surface area contributed by atoms with Crippen molar-refractivity contribution in [3.05, 3.63) is 69.8 Å². The molecule has 1 aliphatic heterocycles. The Balaban J connectivity index is 1.84. The highest BCUT2D eigenvalue weighted by molar-refractivity contribution is 5.73. The van der Waals surface area contributed by atoms with Crippen LogP contribution in [0.4, 0.5) is 5.69 Å². The number of rotatable bonds is 2. The molecule has 130 valence electrons. The summed E-state index contributed by atoms with van der Waals surface area (Å²) < 4.78 is 5.34. The van der Waals surface area contributed by atoms with Crippen molar-refractivity contribution < 1.29 is 4.42 Å². The molecule has 1 aromatic heterocycles. The standard InChI is InChI=1S/C22H25NO2/c1-16-7-6-11-22(14-16)12-10-19-20(13-17(2)25-21(19)24)23(22)15-18-8-4-3-5-9-18/h3-5,8-10,12-13,16H,6-7,11,14-15H2,1-2H3/t16-,22-/m1/s1. The van der Waals surface area contributed by atoms with E-state index in [-0.39, 0.29) is 11.2 Å². The van der Waals surface area contributed by atoms with Crippen molar-refractivity contribution in [3.8, 4) is 0 Å². The normalized spacial score (nSPS) is 25.2. The van der Waals surface area contributed by atoms with Gasteiger partial charge < -0.3 is 9.32 Å². The quantitative estimate of drug-likeness (QED) is 0.780. The lowest BCUT2D eigenvalue weighted by atomic mass is 9.73. The van der Waals surface area contributed by atoms with Crippen molar-refractivity contribution in [2.75, 3.05) is 4.90 Å². The lowest BCUT2D eigenvalue weighted by Crippen LogP contribution is -2.52. The van der Waals surface area contributed by atoms with E-state index in [0.717, 1.165) is 25.1 Å². The molecule has 0 bridgehead atoms. The fourth-order valence-corrected chi connectivity index (χ4v) is 4.52. The minimum Gasteiger partial charge on any atom is -0.428 e. The smallest absolute Gasteiger partial charge is 0.345 e. The van der Waals surface area contributed by atoms with Gasteiger partial charge in [0.25, 0.3) is 0 Å². The summed E-state index contributed by atoms with van der Waals surface area (Å²) in [5.41, 5.74) is 2.75. The van der Waals surface area contributed by atoms with Gasteiger partial charge in [-0.3, -0.25) is 0 Å². The first kappa shape index (κ1) is 16.2. The molecule has 1 fully saturated rings. The summed E-state index contributed by atoms with van der Waals surface area (Å²) in [7, 11) is 0. The summed E-state index contributed by atoms with van der Waals surface area (Å²) in [6.07, 6.45) is 9.05. The van der Waals surface area contributed by atoms with Gasteiger partial charge in [-0.1, -0.05) is 56.2 Å². The topological polar surface area (TPSA) is 33.5 Å². The van der Waals surface area contributed by atoms with Gasteiger partial charge in [0.1, 0.15) is 5.76 Å². The molecule has 0 N–H and O–H groups in total. The van der Waals surface area contributed by atoms with Crippen LogP contribution in [0, 0.1) is 12.8 Å². The number of hydrogen-bond donors (Lipinski definition) is 0. The first-order valence-corrected chi connectivity index (χ1v) is 9.23. The van der Waals surface area contributed by atoms with Crippen LogP contribution in [0.25, 0.3) is 6.08 Å². The van der Waals surface area contributed by atoms with E-state index < -0.39 is 0 Å². The van der Waals surface area contributed by atoms with Crippen molar-refractivity contribution in [1.29, 1.82) is 0 Å². The van der Waals surface area contributed by atoms with Gasteiger partial charge in [-0.05, 0) is 37.3 Å². The number of benzene rings is 1. The van der Waals surface area contributed by atoms with E-state index in [4.69, 9.17) is 4.42 Å². The first-order chi connectivity index (χ1) is 12.1. The van der Waals surface area contributed by atoms with Gasteiger partial charge in [-0.25, -0.2) is 4.79 Å². The SMILES string of the molecule is Cc1cc2c(c(=O)o1)C=C[C@@]1(CCC[C@@H](C)C1)N2Cc1ccccc1. The molecule has 1 aromatic carbocycles. The van der Waals surface area contributed by atoms with E-state index in [1.807, 2.05) is 25.1 Å². The van der Waals surface area contributed by atoms with Crippen molar-refractivity contribution in [1.82, 2.24) is 0 Å². The Kier molecular flexibility index (Phi) is 4.03. The molecule has 3 heteroatoms. The highest BCUT2D eigenvalue weighted by atomic mass is 16.4. The average Bonchev–Trinajstić information content (AvgIpc) is 2.58. The molecule has 1 aliphatic carbocycles. The van der Waals surface area contributed by atoms with Gasteiger partial charge in [-0.15, -0.1) is 0 Å². The van der Waals surface area contributed by atoms with Crippen molar-refractivity contribution >= 4 is 11.8 Å². The summed E-state index contributed by atoms with van der Waals surface area (Å²) >= 11 is 0. The van der Waals surface area contributed by atoms with E-state index in [9.17, 15) is 4.79 Å².